The summed E-state index contributed by atoms with van der Waals surface area (Å²) < 4.78 is 11.2. The topological polar surface area (TPSA) is 106 Å². The number of anilines is 1. The van der Waals surface area contributed by atoms with Gasteiger partial charge < -0.3 is 14.8 Å². The molecule has 2 aromatic rings. The summed E-state index contributed by atoms with van der Waals surface area (Å²) in [6, 6.07) is 16.1. The zero-order valence-electron chi connectivity index (χ0n) is 16.6. The number of ether oxygens (including phenoxy) is 2. The second-order valence-corrected chi connectivity index (χ2v) is 7.88. The lowest BCUT2D eigenvalue weighted by Crippen LogP contribution is -2.56. The molecule has 2 atom stereocenters. The number of allylic oxidation sites excluding steroid dienone is 1. The Hall–Kier alpha value is -3.74. The van der Waals surface area contributed by atoms with Crippen molar-refractivity contribution in [1.82, 2.24) is 0 Å². The van der Waals surface area contributed by atoms with Crippen LogP contribution < -0.4 is 5.32 Å². The van der Waals surface area contributed by atoms with Crippen LogP contribution in [0.2, 0.25) is 0 Å². The molecule has 2 N–H and O–H groups in total. The molecule has 0 fully saturated rings. The van der Waals surface area contributed by atoms with Crippen LogP contribution >= 0.6 is 0 Å². The van der Waals surface area contributed by atoms with Crippen LogP contribution in [0.3, 0.4) is 0 Å². The lowest BCUT2D eigenvalue weighted by Gasteiger charge is -2.41. The second-order valence-electron chi connectivity index (χ2n) is 7.88. The molecule has 1 spiro atoms. The minimum atomic E-state index is -1.66. The van der Waals surface area contributed by atoms with Crippen LogP contribution in [0.5, 0.6) is 0 Å². The van der Waals surface area contributed by atoms with Crippen LogP contribution in [0, 0.1) is 11.3 Å². The Balaban J connectivity index is 1.64. The highest BCUT2D eigenvalue weighted by molar-refractivity contribution is 6.22. The van der Waals surface area contributed by atoms with Gasteiger partial charge in [0.25, 0.3) is 0 Å². The number of rotatable bonds is 3. The monoisotopic (exact) mass is 416 g/mol. The number of amides is 1. The molecule has 5 rings (SSSR count). The second kappa shape index (κ2) is 7.19. The lowest BCUT2D eigenvalue weighted by molar-refractivity contribution is -0.152. The first-order valence-corrected chi connectivity index (χ1v) is 10.2. The van der Waals surface area contributed by atoms with Gasteiger partial charge >= 0.3 is 5.97 Å². The molecule has 2 aliphatic heterocycles. The van der Waals surface area contributed by atoms with Gasteiger partial charge in [-0.25, -0.2) is 0 Å². The highest BCUT2D eigenvalue weighted by Gasteiger charge is 2.65. The van der Waals surface area contributed by atoms with Crippen molar-refractivity contribution >= 4 is 29.2 Å². The predicted octanol–water partition coefficient (Wildman–Crippen LogP) is 3.25. The normalized spacial score (nSPS) is 24.4. The number of hydrogen-bond donors (Lipinski definition) is 2. The minimum Gasteiger partial charge on any atom is -0.460 e. The van der Waals surface area contributed by atoms with E-state index in [9.17, 15) is 14.4 Å². The summed E-state index contributed by atoms with van der Waals surface area (Å²) in [6.07, 6.45) is 1.28. The standard InChI is InChI=1S/C24H20N2O5/c25-21-20(22(28)30-13-14-7-2-1-3-8-14)24(19-17(27)11-6-12-18(19)31-21)15-9-4-5-10-16(15)26-23(24)29/h1-5,7-10,20,25H,6,11-13H2,(H,26,29). The average Bonchev–Trinajstić information content (AvgIpc) is 3.05. The first-order chi connectivity index (χ1) is 15.0. The van der Waals surface area contributed by atoms with Crippen molar-refractivity contribution in [3.63, 3.8) is 0 Å². The van der Waals surface area contributed by atoms with E-state index in [-0.39, 0.29) is 30.3 Å². The van der Waals surface area contributed by atoms with Crippen LogP contribution in [0.1, 0.15) is 30.4 Å². The molecule has 1 aliphatic carbocycles. The molecule has 2 unspecified atom stereocenters. The molecule has 0 saturated heterocycles. The Kier molecular flexibility index (Phi) is 4.46. The van der Waals surface area contributed by atoms with E-state index in [0.29, 0.717) is 29.9 Å². The fourth-order valence-electron chi connectivity index (χ4n) is 4.80. The average molecular weight is 416 g/mol. The van der Waals surface area contributed by atoms with Gasteiger partial charge in [0.2, 0.25) is 11.8 Å². The molecule has 1 amide bonds. The van der Waals surface area contributed by atoms with Crippen molar-refractivity contribution in [3.8, 4) is 0 Å². The quantitative estimate of drug-likeness (QED) is 0.748. The highest BCUT2D eigenvalue weighted by atomic mass is 16.5. The predicted molar refractivity (Wildman–Crippen MR) is 111 cm³/mol. The number of para-hydroxylation sites is 1. The van der Waals surface area contributed by atoms with Crippen molar-refractivity contribution in [3.05, 3.63) is 77.1 Å². The van der Waals surface area contributed by atoms with Gasteiger partial charge in [0, 0.05) is 18.5 Å². The fraction of sp³-hybridized carbons (Fsp3) is 0.250. The maximum atomic E-state index is 13.5. The van der Waals surface area contributed by atoms with Gasteiger partial charge in [0.15, 0.2) is 11.7 Å². The van der Waals surface area contributed by atoms with E-state index in [1.54, 1.807) is 24.3 Å². The SMILES string of the molecule is N=C1OC2=C(C(=O)CCC2)C2(C(=O)Nc3ccccc32)C1C(=O)OCc1ccccc1. The van der Waals surface area contributed by atoms with Gasteiger partial charge in [-0.1, -0.05) is 48.5 Å². The molecule has 7 heteroatoms. The van der Waals surface area contributed by atoms with Gasteiger partial charge in [0.1, 0.15) is 17.8 Å². The number of hydrogen-bond acceptors (Lipinski definition) is 6. The van der Waals surface area contributed by atoms with Crippen molar-refractivity contribution in [2.24, 2.45) is 5.92 Å². The van der Waals surface area contributed by atoms with Crippen LogP contribution in [-0.2, 0) is 35.9 Å². The van der Waals surface area contributed by atoms with Gasteiger partial charge in [-0.3, -0.25) is 19.8 Å². The summed E-state index contributed by atoms with van der Waals surface area (Å²) in [5.41, 5.74) is 0.315. The largest absolute Gasteiger partial charge is 0.460 e. The first kappa shape index (κ1) is 19.2. The smallest absolute Gasteiger partial charge is 0.320 e. The van der Waals surface area contributed by atoms with Crippen molar-refractivity contribution < 1.29 is 23.9 Å². The molecular weight excluding hydrogens is 396 g/mol. The Morgan fingerprint density at radius 2 is 1.84 bits per heavy atom. The maximum Gasteiger partial charge on any atom is 0.320 e. The third-order valence-corrected chi connectivity index (χ3v) is 6.11. The Morgan fingerprint density at radius 1 is 1.10 bits per heavy atom. The molecule has 2 aromatic carbocycles. The van der Waals surface area contributed by atoms with Gasteiger partial charge in [-0.2, -0.15) is 0 Å². The zero-order chi connectivity index (χ0) is 21.6. The number of fused-ring (bicyclic) bond motifs is 3. The maximum absolute atomic E-state index is 13.5. The summed E-state index contributed by atoms with van der Waals surface area (Å²) in [5.74, 6) is -2.97. The Bertz CT molecular complexity index is 1150. The molecule has 156 valence electrons. The van der Waals surface area contributed by atoms with Gasteiger partial charge in [0.05, 0.1) is 5.57 Å². The molecule has 0 aromatic heterocycles. The number of benzene rings is 2. The fourth-order valence-corrected chi connectivity index (χ4v) is 4.80. The van der Waals surface area contributed by atoms with Crippen molar-refractivity contribution in [2.45, 2.75) is 31.3 Å². The Morgan fingerprint density at radius 3 is 2.65 bits per heavy atom. The van der Waals surface area contributed by atoms with Crippen LogP contribution in [0.4, 0.5) is 5.69 Å². The van der Waals surface area contributed by atoms with E-state index >= 15 is 0 Å². The van der Waals surface area contributed by atoms with E-state index in [1.165, 1.54) is 0 Å². The van der Waals surface area contributed by atoms with Gasteiger partial charge in [-0.05, 0) is 23.6 Å². The van der Waals surface area contributed by atoms with Crippen molar-refractivity contribution in [2.75, 3.05) is 5.32 Å². The third kappa shape index (κ3) is 2.80. The molecule has 0 saturated carbocycles. The van der Waals surface area contributed by atoms with E-state index in [2.05, 4.69) is 5.32 Å². The zero-order valence-corrected chi connectivity index (χ0v) is 16.6. The molecule has 7 nitrogen and oxygen atoms in total. The molecule has 31 heavy (non-hydrogen) atoms. The first-order valence-electron chi connectivity index (χ1n) is 10.2. The molecule has 0 bridgehead atoms. The van der Waals surface area contributed by atoms with E-state index in [0.717, 1.165) is 5.56 Å². The number of esters is 1. The molecule has 2 heterocycles. The van der Waals surface area contributed by atoms with Gasteiger partial charge in [-0.15, -0.1) is 0 Å². The van der Waals surface area contributed by atoms with Crippen LogP contribution in [0.15, 0.2) is 65.9 Å². The summed E-state index contributed by atoms with van der Waals surface area (Å²) in [4.78, 5) is 39.9. The summed E-state index contributed by atoms with van der Waals surface area (Å²) in [6.45, 7) is -0.0113. The third-order valence-electron chi connectivity index (χ3n) is 6.11. The van der Waals surface area contributed by atoms with Crippen LogP contribution in [-0.4, -0.2) is 23.6 Å². The molecule has 3 aliphatic rings. The number of ketones is 1. The number of carbonyl (C=O) groups is 3. The van der Waals surface area contributed by atoms with E-state index in [4.69, 9.17) is 14.9 Å². The highest BCUT2D eigenvalue weighted by Crippen LogP contribution is 2.54. The number of carbonyl (C=O) groups excluding carboxylic acids is 3. The van der Waals surface area contributed by atoms with Crippen molar-refractivity contribution in [1.29, 1.82) is 5.41 Å². The summed E-state index contributed by atoms with van der Waals surface area (Å²) in [5, 5.41) is 11.3. The summed E-state index contributed by atoms with van der Waals surface area (Å²) >= 11 is 0. The lowest BCUT2D eigenvalue weighted by atomic mass is 9.61. The molecular formula is C24H20N2O5. The van der Waals surface area contributed by atoms with E-state index < -0.39 is 23.2 Å². The van der Waals surface area contributed by atoms with E-state index in [1.807, 2.05) is 30.3 Å². The number of Topliss-reactive ketones (excluding diaryl/α,β-unsaturated/α-hetero) is 1. The molecule has 0 radical (unpaired) electrons. The Labute approximate surface area is 178 Å². The minimum absolute atomic E-state index is 0.0113. The van der Waals surface area contributed by atoms with Crippen LogP contribution in [0.25, 0.3) is 0 Å². The number of nitrogens with one attached hydrogen (secondary N) is 2. The summed E-state index contributed by atoms with van der Waals surface area (Å²) in [7, 11) is 0.